The van der Waals surface area contributed by atoms with Gasteiger partial charge in [0.15, 0.2) is 0 Å². The molecule has 0 saturated heterocycles. The van der Waals surface area contributed by atoms with Crippen LogP contribution in [0.3, 0.4) is 0 Å². The van der Waals surface area contributed by atoms with Crippen LogP contribution in [0.15, 0.2) is 12.1 Å². The van der Waals surface area contributed by atoms with Crippen LogP contribution >= 0.6 is 11.6 Å². The summed E-state index contributed by atoms with van der Waals surface area (Å²) in [5.41, 5.74) is -1.16. The number of rotatable bonds is 2. The molecule has 1 aromatic rings. The van der Waals surface area contributed by atoms with Gasteiger partial charge in [-0.3, -0.25) is 10.1 Å². The van der Waals surface area contributed by atoms with Crippen LogP contribution in [-0.4, -0.2) is 22.1 Å². The van der Waals surface area contributed by atoms with Gasteiger partial charge in [-0.25, -0.2) is 4.39 Å². The first-order chi connectivity index (χ1) is 6.43. The van der Waals surface area contributed by atoms with Crippen LogP contribution in [0, 0.1) is 15.9 Å². The molecule has 2 N–H and O–H groups in total. The second-order valence-corrected chi connectivity index (χ2v) is 2.86. The predicted octanol–water partition coefficient (Wildman–Crippen LogP) is 0.0671. The zero-order valence-electron chi connectivity index (χ0n) is 6.65. The molecule has 0 heterocycles. The van der Waals surface area contributed by atoms with E-state index in [9.17, 15) is 14.5 Å². The summed E-state index contributed by atoms with van der Waals surface area (Å²) in [5.74, 6) is -0.984. The molecule has 14 heavy (non-hydrogen) atoms. The molecule has 74 valence electrons. The van der Waals surface area contributed by atoms with Crippen molar-refractivity contribution >= 4 is 29.9 Å². The van der Waals surface area contributed by atoms with Crippen molar-refractivity contribution in [3.05, 3.63) is 33.1 Å². The molecular formula is C6H4BClFNO4. The normalized spacial score (nSPS) is 10.0. The Kier molecular flexibility index (Phi) is 3.05. The predicted molar refractivity (Wildman–Crippen MR) is 47.9 cm³/mol. The number of nitro benzene ring substituents is 1. The fourth-order valence-electron chi connectivity index (χ4n) is 0.917. The average Bonchev–Trinajstić information content (AvgIpc) is 2.08. The highest BCUT2D eigenvalue weighted by Gasteiger charge is 2.25. The van der Waals surface area contributed by atoms with Crippen LogP contribution in [0.25, 0.3) is 0 Å². The van der Waals surface area contributed by atoms with Gasteiger partial charge in [0.1, 0.15) is 5.82 Å². The lowest BCUT2D eigenvalue weighted by Crippen LogP contribution is -2.32. The lowest BCUT2D eigenvalue weighted by atomic mass is 9.79. The Hall–Kier alpha value is -1.18. The molecule has 1 rings (SSSR count). The minimum Gasteiger partial charge on any atom is -0.423 e. The largest absolute Gasteiger partial charge is 0.495 e. The summed E-state index contributed by atoms with van der Waals surface area (Å²) in [5, 5.41) is 27.4. The molecule has 8 heteroatoms. The molecule has 0 bridgehead atoms. The van der Waals surface area contributed by atoms with Crippen LogP contribution in [0.4, 0.5) is 10.1 Å². The van der Waals surface area contributed by atoms with E-state index in [2.05, 4.69) is 0 Å². The molecular weight excluding hydrogens is 215 g/mol. The Balaban J connectivity index is 3.39. The van der Waals surface area contributed by atoms with Gasteiger partial charge < -0.3 is 10.0 Å². The van der Waals surface area contributed by atoms with E-state index in [1.54, 1.807) is 0 Å². The highest BCUT2D eigenvalue weighted by molar-refractivity contribution is 6.60. The van der Waals surface area contributed by atoms with Crippen molar-refractivity contribution in [1.29, 1.82) is 0 Å². The van der Waals surface area contributed by atoms with Crippen molar-refractivity contribution in [1.82, 2.24) is 0 Å². The maximum Gasteiger partial charge on any atom is 0.495 e. The Bertz CT molecular complexity index is 386. The maximum atomic E-state index is 12.8. The van der Waals surface area contributed by atoms with Crippen LogP contribution < -0.4 is 5.46 Å². The van der Waals surface area contributed by atoms with Crippen molar-refractivity contribution in [3.63, 3.8) is 0 Å². The minimum absolute atomic E-state index is 0.404. The summed E-state index contributed by atoms with van der Waals surface area (Å²) in [7, 11) is -2.06. The number of hydrogen-bond acceptors (Lipinski definition) is 4. The second kappa shape index (κ2) is 3.91. The summed E-state index contributed by atoms with van der Waals surface area (Å²) in [4.78, 5) is 9.44. The first-order valence-electron chi connectivity index (χ1n) is 3.43. The summed E-state index contributed by atoms with van der Waals surface area (Å²) in [6.45, 7) is 0. The topological polar surface area (TPSA) is 83.6 Å². The molecule has 1 aromatic carbocycles. The Morgan fingerprint density at radius 3 is 2.50 bits per heavy atom. The summed E-state index contributed by atoms with van der Waals surface area (Å²) in [6, 6.07) is 1.34. The molecule has 0 saturated carbocycles. The standard InChI is InChI=1S/C6H4BClFNO4/c8-4-1-3(7(11)12)6(10(13)14)2-5(4)9/h1-2,11-12H. The Labute approximate surface area is 83.0 Å². The monoisotopic (exact) mass is 219 g/mol. The molecule has 0 fully saturated rings. The van der Waals surface area contributed by atoms with Gasteiger partial charge in [-0.1, -0.05) is 11.6 Å². The fraction of sp³-hybridized carbons (Fsp3) is 0. The molecule has 5 nitrogen and oxygen atoms in total. The highest BCUT2D eigenvalue weighted by Crippen LogP contribution is 2.18. The lowest BCUT2D eigenvalue weighted by Gasteiger charge is -2.02. The average molecular weight is 219 g/mol. The van der Waals surface area contributed by atoms with E-state index in [1.165, 1.54) is 0 Å². The third kappa shape index (κ3) is 2.01. The second-order valence-electron chi connectivity index (χ2n) is 2.46. The van der Waals surface area contributed by atoms with Gasteiger partial charge in [0.25, 0.3) is 5.69 Å². The van der Waals surface area contributed by atoms with Crippen molar-refractivity contribution in [2.24, 2.45) is 0 Å². The minimum atomic E-state index is -2.06. The van der Waals surface area contributed by atoms with Gasteiger partial charge in [-0.05, 0) is 6.07 Å². The zero-order valence-corrected chi connectivity index (χ0v) is 7.40. The maximum absolute atomic E-state index is 12.8. The lowest BCUT2D eigenvalue weighted by molar-refractivity contribution is -0.383. The number of nitrogens with zero attached hydrogens (tertiary/aromatic N) is 1. The van der Waals surface area contributed by atoms with Gasteiger partial charge in [0.2, 0.25) is 0 Å². The third-order valence-electron chi connectivity index (χ3n) is 1.54. The van der Waals surface area contributed by atoms with Crippen molar-refractivity contribution in [2.45, 2.75) is 0 Å². The summed E-state index contributed by atoms with van der Waals surface area (Å²) < 4.78 is 12.8. The number of hydrogen-bond donors (Lipinski definition) is 2. The highest BCUT2D eigenvalue weighted by atomic mass is 35.5. The van der Waals surface area contributed by atoms with Crippen LogP contribution in [-0.2, 0) is 0 Å². The van der Waals surface area contributed by atoms with Crippen molar-refractivity contribution in [2.75, 3.05) is 0 Å². The Morgan fingerprint density at radius 2 is 2.07 bits per heavy atom. The van der Waals surface area contributed by atoms with Crippen LogP contribution in [0.1, 0.15) is 0 Å². The zero-order chi connectivity index (χ0) is 10.9. The molecule has 0 aliphatic heterocycles. The summed E-state index contributed by atoms with van der Waals surface area (Å²) >= 11 is 5.31. The van der Waals surface area contributed by atoms with Gasteiger partial charge in [-0.15, -0.1) is 0 Å². The first kappa shape index (κ1) is 10.9. The van der Waals surface area contributed by atoms with Gasteiger partial charge >= 0.3 is 7.12 Å². The molecule has 0 aromatic heterocycles. The van der Waals surface area contributed by atoms with E-state index < -0.39 is 34.0 Å². The van der Waals surface area contributed by atoms with Crippen molar-refractivity contribution in [3.8, 4) is 0 Å². The summed E-state index contributed by atoms with van der Waals surface area (Å²) in [6.07, 6.45) is 0. The van der Waals surface area contributed by atoms with E-state index in [4.69, 9.17) is 21.6 Å². The number of halogens is 2. The molecule has 0 aliphatic rings. The van der Waals surface area contributed by atoms with Gasteiger partial charge in [-0.2, -0.15) is 0 Å². The van der Waals surface area contributed by atoms with E-state index in [1.807, 2.05) is 0 Å². The molecule has 0 atom stereocenters. The number of benzene rings is 1. The Morgan fingerprint density at radius 1 is 1.50 bits per heavy atom. The van der Waals surface area contributed by atoms with Gasteiger partial charge in [0, 0.05) is 0 Å². The molecule has 0 spiro atoms. The first-order valence-corrected chi connectivity index (χ1v) is 3.80. The molecule has 0 radical (unpaired) electrons. The van der Waals surface area contributed by atoms with E-state index >= 15 is 0 Å². The van der Waals surface area contributed by atoms with E-state index in [0.717, 1.165) is 6.07 Å². The quantitative estimate of drug-likeness (QED) is 0.419. The van der Waals surface area contributed by atoms with E-state index in [-0.39, 0.29) is 0 Å². The molecule has 0 aliphatic carbocycles. The van der Waals surface area contributed by atoms with Crippen molar-refractivity contribution < 1.29 is 19.4 Å². The van der Waals surface area contributed by atoms with Crippen LogP contribution in [0.2, 0.25) is 5.02 Å². The van der Waals surface area contributed by atoms with Crippen LogP contribution in [0.5, 0.6) is 0 Å². The fourth-order valence-corrected chi connectivity index (χ4v) is 1.09. The number of nitro groups is 1. The van der Waals surface area contributed by atoms with E-state index in [0.29, 0.717) is 6.07 Å². The third-order valence-corrected chi connectivity index (χ3v) is 1.83. The molecule has 0 unspecified atom stereocenters. The van der Waals surface area contributed by atoms with Gasteiger partial charge in [0.05, 0.1) is 21.5 Å². The smallest absolute Gasteiger partial charge is 0.423 e. The SMILES string of the molecule is O=[N+]([O-])c1cc(F)c(Cl)cc1B(O)O. The molecule has 0 amide bonds.